The normalized spacial score (nSPS) is 12.6. The van der Waals surface area contributed by atoms with Crippen LogP contribution in [0.1, 0.15) is 24.2 Å². The molecule has 1 aromatic rings. The number of hydrogen-bond acceptors (Lipinski definition) is 2. The predicted octanol–water partition coefficient (Wildman–Crippen LogP) is 2.33. The largest absolute Gasteiger partial charge is 0.391 e. The summed E-state index contributed by atoms with van der Waals surface area (Å²) in [6.45, 7) is 3.80. The number of halogens is 2. The molecule has 0 bridgehead atoms. The molecule has 0 saturated carbocycles. The van der Waals surface area contributed by atoms with Gasteiger partial charge < -0.3 is 10.4 Å². The fourth-order valence-electron chi connectivity index (χ4n) is 1.21. The molecule has 17 heavy (non-hydrogen) atoms. The Morgan fingerprint density at radius 3 is 2.76 bits per heavy atom. The second-order valence-electron chi connectivity index (χ2n) is 4.12. The van der Waals surface area contributed by atoms with Crippen molar-refractivity contribution in [1.29, 1.82) is 0 Å². The molecule has 0 saturated heterocycles. The second kappa shape index (κ2) is 6.12. The lowest BCUT2D eigenvalue weighted by molar-refractivity contribution is 0.0868. The van der Waals surface area contributed by atoms with Crippen LogP contribution in [-0.2, 0) is 0 Å². The monoisotopic (exact) mass is 303 g/mol. The van der Waals surface area contributed by atoms with E-state index in [1.54, 1.807) is 6.07 Å². The molecule has 0 aromatic heterocycles. The van der Waals surface area contributed by atoms with Gasteiger partial charge in [0.2, 0.25) is 0 Å². The fourth-order valence-corrected chi connectivity index (χ4v) is 1.57. The maximum atomic E-state index is 13.6. The molecule has 0 heterocycles. The summed E-state index contributed by atoms with van der Waals surface area (Å²) in [4.78, 5) is 11.7. The van der Waals surface area contributed by atoms with Gasteiger partial charge >= 0.3 is 0 Å². The Hall–Kier alpha value is -0.940. The molecule has 0 aliphatic heterocycles. The Morgan fingerprint density at radius 1 is 1.53 bits per heavy atom. The van der Waals surface area contributed by atoms with E-state index in [0.717, 1.165) is 0 Å². The molecule has 1 rings (SSSR count). The number of carbonyl (C=O) groups excluding carboxylic acids is 1. The molecule has 1 amide bonds. The highest BCUT2D eigenvalue weighted by Crippen LogP contribution is 2.18. The molecule has 1 unspecified atom stereocenters. The van der Waals surface area contributed by atoms with Crippen molar-refractivity contribution in [2.45, 2.75) is 20.0 Å². The van der Waals surface area contributed by atoms with Gasteiger partial charge in [-0.25, -0.2) is 4.39 Å². The number of aliphatic hydroxyl groups is 1. The first-order chi connectivity index (χ1) is 7.93. The highest BCUT2D eigenvalue weighted by molar-refractivity contribution is 9.10. The number of nitrogens with one attached hydrogen (secondary N) is 1. The Bertz CT molecular complexity index is 409. The Kier molecular flexibility index (Phi) is 5.08. The van der Waals surface area contributed by atoms with Crippen molar-refractivity contribution in [2.24, 2.45) is 5.92 Å². The van der Waals surface area contributed by atoms with Crippen LogP contribution in [0.4, 0.5) is 4.39 Å². The van der Waals surface area contributed by atoms with E-state index in [0.29, 0.717) is 0 Å². The summed E-state index contributed by atoms with van der Waals surface area (Å²) in [5, 5.41) is 12.0. The van der Waals surface area contributed by atoms with Crippen LogP contribution in [0.3, 0.4) is 0 Å². The van der Waals surface area contributed by atoms with Crippen LogP contribution >= 0.6 is 15.9 Å². The van der Waals surface area contributed by atoms with Gasteiger partial charge in [-0.15, -0.1) is 0 Å². The van der Waals surface area contributed by atoms with E-state index in [2.05, 4.69) is 21.2 Å². The van der Waals surface area contributed by atoms with Crippen LogP contribution in [0, 0.1) is 11.7 Å². The summed E-state index contributed by atoms with van der Waals surface area (Å²) in [6, 6.07) is 4.51. The van der Waals surface area contributed by atoms with E-state index >= 15 is 0 Å². The van der Waals surface area contributed by atoms with Crippen molar-refractivity contribution in [3.63, 3.8) is 0 Å². The van der Waals surface area contributed by atoms with Crippen LogP contribution in [0.25, 0.3) is 0 Å². The van der Waals surface area contributed by atoms with Crippen molar-refractivity contribution < 1.29 is 14.3 Å². The molecular weight excluding hydrogens is 289 g/mol. The molecule has 5 heteroatoms. The van der Waals surface area contributed by atoms with Gasteiger partial charge in [0.15, 0.2) is 0 Å². The van der Waals surface area contributed by atoms with E-state index in [-0.39, 0.29) is 22.5 Å². The van der Waals surface area contributed by atoms with Crippen molar-refractivity contribution in [2.75, 3.05) is 6.54 Å². The van der Waals surface area contributed by atoms with E-state index in [1.807, 2.05) is 13.8 Å². The van der Waals surface area contributed by atoms with Gasteiger partial charge in [0.25, 0.3) is 5.91 Å². The molecule has 3 nitrogen and oxygen atoms in total. The van der Waals surface area contributed by atoms with E-state index < -0.39 is 17.8 Å². The molecule has 1 aromatic carbocycles. The SMILES string of the molecule is CC(C)C(O)CNC(=O)c1cccc(Br)c1F. The Morgan fingerprint density at radius 2 is 2.18 bits per heavy atom. The Labute approximate surface area is 108 Å². The van der Waals surface area contributed by atoms with Gasteiger partial charge in [-0.1, -0.05) is 19.9 Å². The number of benzene rings is 1. The maximum absolute atomic E-state index is 13.6. The zero-order chi connectivity index (χ0) is 13.0. The lowest BCUT2D eigenvalue weighted by Crippen LogP contribution is -2.35. The van der Waals surface area contributed by atoms with E-state index in [9.17, 15) is 14.3 Å². The third-order valence-electron chi connectivity index (χ3n) is 2.44. The summed E-state index contributed by atoms with van der Waals surface area (Å²) in [7, 11) is 0. The van der Waals surface area contributed by atoms with E-state index in [4.69, 9.17) is 0 Å². The van der Waals surface area contributed by atoms with Gasteiger partial charge in [0.05, 0.1) is 16.1 Å². The van der Waals surface area contributed by atoms with Gasteiger partial charge in [0, 0.05) is 6.54 Å². The molecule has 0 spiro atoms. The summed E-state index contributed by atoms with van der Waals surface area (Å²) < 4.78 is 13.8. The first-order valence-corrected chi connectivity index (χ1v) is 6.13. The smallest absolute Gasteiger partial charge is 0.254 e. The first kappa shape index (κ1) is 14.1. The van der Waals surface area contributed by atoms with Crippen LogP contribution in [0.2, 0.25) is 0 Å². The van der Waals surface area contributed by atoms with Gasteiger partial charge in [-0.05, 0) is 34.0 Å². The summed E-state index contributed by atoms with van der Waals surface area (Å²) in [6.07, 6.45) is -0.630. The van der Waals surface area contributed by atoms with Crippen molar-refractivity contribution in [1.82, 2.24) is 5.32 Å². The highest BCUT2D eigenvalue weighted by atomic mass is 79.9. The van der Waals surface area contributed by atoms with Crippen LogP contribution in [0.5, 0.6) is 0 Å². The number of carbonyl (C=O) groups is 1. The number of amides is 1. The average molecular weight is 304 g/mol. The maximum Gasteiger partial charge on any atom is 0.254 e. The predicted molar refractivity (Wildman–Crippen MR) is 67.3 cm³/mol. The third-order valence-corrected chi connectivity index (χ3v) is 3.05. The van der Waals surface area contributed by atoms with Crippen LogP contribution < -0.4 is 5.32 Å². The molecule has 2 N–H and O–H groups in total. The minimum absolute atomic E-state index is 0.0321. The zero-order valence-electron chi connectivity index (χ0n) is 9.71. The number of hydrogen-bond donors (Lipinski definition) is 2. The van der Waals surface area contributed by atoms with Crippen molar-refractivity contribution in [3.05, 3.63) is 34.1 Å². The lowest BCUT2D eigenvalue weighted by Gasteiger charge is -2.15. The standard InChI is InChI=1S/C12H15BrFNO2/c1-7(2)10(16)6-15-12(17)8-4-3-5-9(13)11(8)14/h3-5,7,10,16H,6H2,1-2H3,(H,15,17). The summed E-state index contributed by atoms with van der Waals surface area (Å²) in [5.41, 5.74) is -0.0321. The van der Waals surface area contributed by atoms with Gasteiger partial charge in [-0.3, -0.25) is 4.79 Å². The molecule has 0 aliphatic rings. The molecule has 0 aliphatic carbocycles. The molecular formula is C12H15BrFNO2. The van der Waals surface area contributed by atoms with Gasteiger partial charge in [0.1, 0.15) is 5.82 Å². The third kappa shape index (κ3) is 3.78. The Balaban J connectivity index is 2.68. The molecule has 0 radical (unpaired) electrons. The zero-order valence-corrected chi connectivity index (χ0v) is 11.3. The minimum Gasteiger partial charge on any atom is -0.391 e. The molecule has 0 fully saturated rings. The second-order valence-corrected chi connectivity index (χ2v) is 4.98. The fraction of sp³-hybridized carbons (Fsp3) is 0.417. The lowest BCUT2D eigenvalue weighted by atomic mass is 10.1. The summed E-state index contributed by atoms with van der Waals surface area (Å²) in [5.74, 6) is -1.07. The molecule has 1 atom stereocenters. The summed E-state index contributed by atoms with van der Waals surface area (Å²) >= 11 is 3.01. The van der Waals surface area contributed by atoms with Crippen molar-refractivity contribution >= 4 is 21.8 Å². The van der Waals surface area contributed by atoms with E-state index in [1.165, 1.54) is 12.1 Å². The molecule has 94 valence electrons. The minimum atomic E-state index is -0.630. The highest BCUT2D eigenvalue weighted by Gasteiger charge is 2.15. The topological polar surface area (TPSA) is 49.3 Å². The van der Waals surface area contributed by atoms with Crippen LogP contribution in [-0.4, -0.2) is 23.7 Å². The number of aliphatic hydroxyl groups excluding tert-OH is 1. The number of rotatable bonds is 4. The first-order valence-electron chi connectivity index (χ1n) is 5.33. The average Bonchev–Trinajstić information content (AvgIpc) is 2.29. The quantitative estimate of drug-likeness (QED) is 0.897. The van der Waals surface area contributed by atoms with Gasteiger partial charge in [-0.2, -0.15) is 0 Å². The van der Waals surface area contributed by atoms with Crippen LogP contribution in [0.15, 0.2) is 22.7 Å². The van der Waals surface area contributed by atoms with Crippen molar-refractivity contribution in [3.8, 4) is 0 Å².